The van der Waals surface area contributed by atoms with Crippen LogP contribution in [0.25, 0.3) is 0 Å². The van der Waals surface area contributed by atoms with Crippen molar-refractivity contribution in [1.82, 2.24) is 14.9 Å². The standard InChI is InChI=1S/C17H20BrN5OS/c18-13-3-4-15(20-12-13)21-7-9-22(10-8-21)16(24)14-2-1-6-23(14)17-19-5-11-25-17/h3-5,11-12,14H,1-2,6-10H2. The van der Waals surface area contributed by atoms with Gasteiger partial charge in [0.15, 0.2) is 5.13 Å². The molecule has 0 aliphatic carbocycles. The Morgan fingerprint density at radius 3 is 2.68 bits per heavy atom. The lowest BCUT2D eigenvalue weighted by Crippen LogP contribution is -2.54. The predicted molar refractivity (Wildman–Crippen MR) is 103 cm³/mol. The molecule has 4 rings (SSSR count). The molecule has 1 atom stereocenters. The number of thiazole rings is 1. The molecule has 2 aliphatic rings. The SMILES string of the molecule is O=C(C1CCCN1c1nccs1)N1CCN(c2ccc(Br)cn2)CC1. The molecule has 2 aromatic rings. The number of piperazine rings is 1. The molecule has 6 nitrogen and oxygen atoms in total. The molecule has 0 bridgehead atoms. The molecule has 4 heterocycles. The van der Waals surface area contributed by atoms with Crippen LogP contribution in [-0.4, -0.2) is 59.5 Å². The molecule has 132 valence electrons. The molecule has 25 heavy (non-hydrogen) atoms. The summed E-state index contributed by atoms with van der Waals surface area (Å²) in [6.07, 6.45) is 5.60. The third-order valence-corrected chi connectivity index (χ3v) is 6.11. The normalized spacial score (nSPS) is 21.0. The number of hydrogen-bond donors (Lipinski definition) is 0. The van der Waals surface area contributed by atoms with Crippen LogP contribution in [0.3, 0.4) is 0 Å². The first kappa shape index (κ1) is 16.8. The molecule has 1 amide bonds. The number of rotatable bonds is 3. The van der Waals surface area contributed by atoms with E-state index >= 15 is 0 Å². The van der Waals surface area contributed by atoms with Crippen LogP contribution in [0, 0.1) is 0 Å². The lowest BCUT2D eigenvalue weighted by Gasteiger charge is -2.37. The summed E-state index contributed by atoms with van der Waals surface area (Å²) in [5.74, 6) is 1.22. The van der Waals surface area contributed by atoms with E-state index in [1.54, 1.807) is 11.3 Å². The first-order valence-corrected chi connectivity index (χ1v) is 10.2. The Morgan fingerprint density at radius 2 is 2.00 bits per heavy atom. The van der Waals surface area contributed by atoms with Crippen molar-refractivity contribution in [2.24, 2.45) is 0 Å². The maximum absolute atomic E-state index is 13.0. The molecule has 0 saturated carbocycles. The van der Waals surface area contributed by atoms with Crippen LogP contribution in [0.4, 0.5) is 10.9 Å². The molecule has 0 aromatic carbocycles. The monoisotopic (exact) mass is 421 g/mol. The summed E-state index contributed by atoms with van der Waals surface area (Å²) in [5, 5.41) is 2.94. The highest BCUT2D eigenvalue weighted by atomic mass is 79.9. The first-order chi connectivity index (χ1) is 12.2. The highest BCUT2D eigenvalue weighted by Gasteiger charge is 2.36. The van der Waals surface area contributed by atoms with Gasteiger partial charge in [-0.15, -0.1) is 11.3 Å². The minimum Gasteiger partial charge on any atom is -0.353 e. The van der Waals surface area contributed by atoms with Crippen molar-refractivity contribution in [2.75, 3.05) is 42.5 Å². The van der Waals surface area contributed by atoms with E-state index in [1.807, 2.05) is 34.8 Å². The fourth-order valence-corrected chi connectivity index (χ4v) is 4.49. The van der Waals surface area contributed by atoms with Gasteiger partial charge in [-0.25, -0.2) is 9.97 Å². The zero-order valence-electron chi connectivity index (χ0n) is 13.8. The second kappa shape index (κ2) is 7.29. The number of carbonyl (C=O) groups is 1. The van der Waals surface area contributed by atoms with Crippen molar-refractivity contribution in [3.05, 3.63) is 34.4 Å². The Labute approximate surface area is 159 Å². The van der Waals surface area contributed by atoms with E-state index in [0.29, 0.717) is 0 Å². The van der Waals surface area contributed by atoms with Crippen LogP contribution in [0.2, 0.25) is 0 Å². The van der Waals surface area contributed by atoms with Gasteiger partial charge in [-0.05, 0) is 40.9 Å². The van der Waals surface area contributed by atoms with E-state index in [2.05, 4.69) is 35.7 Å². The van der Waals surface area contributed by atoms with Crippen LogP contribution in [0.15, 0.2) is 34.4 Å². The van der Waals surface area contributed by atoms with E-state index in [1.165, 1.54) is 0 Å². The van der Waals surface area contributed by atoms with E-state index < -0.39 is 0 Å². The van der Waals surface area contributed by atoms with E-state index in [0.717, 1.165) is 61.0 Å². The van der Waals surface area contributed by atoms with Crippen molar-refractivity contribution in [3.8, 4) is 0 Å². The van der Waals surface area contributed by atoms with Crippen molar-refractivity contribution in [2.45, 2.75) is 18.9 Å². The van der Waals surface area contributed by atoms with Gasteiger partial charge in [-0.1, -0.05) is 0 Å². The number of pyridine rings is 1. The topological polar surface area (TPSA) is 52.6 Å². The molecule has 2 fully saturated rings. The number of anilines is 2. The smallest absolute Gasteiger partial charge is 0.245 e. The summed E-state index contributed by atoms with van der Waals surface area (Å²) in [5.41, 5.74) is 0. The number of halogens is 1. The minimum absolute atomic E-state index is 0.0523. The molecule has 1 unspecified atom stereocenters. The largest absolute Gasteiger partial charge is 0.353 e. The summed E-state index contributed by atoms with van der Waals surface area (Å²) >= 11 is 5.03. The zero-order valence-corrected chi connectivity index (χ0v) is 16.2. The number of nitrogens with zero attached hydrogens (tertiary/aromatic N) is 5. The fourth-order valence-electron chi connectivity index (χ4n) is 3.53. The van der Waals surface area contributed by atoms with Crippen LogP contribution in [0.5, 0.6) is 0 Å². The number of amides is 1. The Hall–Kier alpha value is -1.67. The third-order valence-electron chi connectivity index (χ3n) is 4.83. The molecular weight excluding hydrogens is 402 g/mol. The van der Waals surface area contributed by atoms with E-state index in [-0.39, 0.29) is 11.9 Å². The lowest BCUT2D eigenvalue weighted by molar-refractivity contribution is -0.132. The Bertz CT molecular complexity index is 715. The van der Waals surface area contributed by atoms with Crippen LogP contribution < -0.4 is 9.80 Å². The highest BCUT2D eigenvalue weighted by Crippen LogP contribution is 2.28. The molecule has 2 aromatic heterocycles. The van der Waals surface area contributed by atoms with E-state index in [4.69, 9.17) is 0 Å². The van der Waals surface area contributed by atoms with Gasteiger partial charge in [0, 0.05) is 55.0 Å². The van der Waals surface area contributed by atoms with Crippen molar-refractivity contribution >= 4 is 44.1 Å². The summed E-state index contributed by atoms with van der Waals surface area (Å²) in [6, 6.07) is 3.97. The molecule has 2 aliphatic heterocycles. The zero-order chi connectivity index (χ0) is 17.2. The molecule has 0 N–H and O–H groups in total. The fraction of sp³-hybridized carbons (Fsp3) is 0.471. The Balaban J connectivity index is 1.38. The molecule has 2 saturated heterocycles. The van der Waals surface area contributed by atoms with Crippen molar-refractivity contribution in [1.29, 1.82) is 0 Å². The maximum Gasteiger partial charge on any atom is 0.245 e. The van der Waals surface area contributed by atoms with Gasteiger partial charge in [0.1, 0.15) is 11.9 Å². The highest BCUT2D eigenvalue weighted by molar-refractivity contribution is 9.10. The average Bonchev–Trinajstić information content (AvgIpc) is 3.33. The van der Waals surface area contributed by atoms with Gasteiger partial charge in [-0.3, -0.25) is 4.79 Å². The van der Waals surface area contributed by atoms with Crippen molar-refractivity contribution in [3.63, 3.8) is 0 Å². The third kappa shape index (κ3) is 3.50. The minimum atomic E-state index is -0.0523. The van der Waals surface area contributed by atoms with Gasteiger partial charge < -0.3 is 14.7 Å². The van der Waals surface area contributed by atoms with Gasteiger partial charge in [-0.2, -0.15) is 0 Å². The van der Waals surface area contributed by atoms with Crippen LogP contribution in [0.1, 0.15) is 12.8 Å². The average molecular weight is 422 g/mol. The second-order valence-corrected chi connectivity index (χ2v) is 8.10. The lowest BCUT2D eigenvalue weighted by atomic mass is 10.1. The van der Waals surface area contributed by atoms with Gasteiger partial charge in [0.05, 0.1) is 0 Å². The number of hydrogen-bond acceptors (Lipinski definition) is 6. The second-order valence-electron chi connectivity index (χ2n) is 6.31. The molecule has 0 radical (unpaired) electrons. The summed E-state index contributed by atoms with van der Waals surface area (Å²) < 4.78 is 0.980. The quantitative estimate of drug-likeness (QED) is 0.762. The first-order valence-electron chi connectivity index (χ1n) is 8.54. The Kier molecular flexibility index (Phi) is 4.89. The summed E-state index contributed by atoms with van der Waals surface area (Å²) in [7, 11) is 0. The number of carbonyl (C=O) groups excluding carboxylic acids is 1. The maximum atomic E-state index is 13.0. The Morgan fingerprint density at radius 1 is 1.16 bits per heavy atom. The van der Waals surface area contributed by atoms with Gasteiger partial charge >= 0.3 is 0 Å². The number of aromatic nitrogens is 2. The van der Waals surface area contributed by atoms with Crippen LogP contribution >= 0.6 is 27.3 Å². The summed E-state index contributed by atoms with van der Waals surface area (Å²) in [4.78, 5) is 28.3. The van der Waals surface area contributed by atoms with Gasteiger partial charge in [0.25, 0.3) is 0 Å². The molecule has 0 spiro atoms. The van der Waals surface area contributed by atoms with Crippen LogP contribution in [-0.2, 0) is 4.79 Å². The van der Waals surface area contributed by atoms with E-state index in [9.17, 15) is 4.79 Å². The molecule has 8 heteroatoms. The predicted octanol–water partition coefficient (Wildman–Crippen LogP) is 2.62. The molecular formula is C17H20BrN5OS. The van der Waals surface area contributed by atoms with Crippen molar-refractivity contribution < 1.29 is 4.79 Å². The van der Waals surface area contributed by atoms with Gasteiger partial charge in [0.2, 0.25) is 5.91 Å². The summed E-state index contributed by atoms with van der Waals surface area (Å²) in [6.45, 7) is 4.07.